The summed E-state index contributed by atoms with van der Waals surface area (Å²) >= 11 is 0. The standard InChI is InChI=1S/C21H22N2O4/c1-21(2)20(26)18(23-10-4-6-17(23)24)15-11-13(7-8-16(15)27-21)19(25)14-5-3-9-22-12-14/h3,5,7-9,11-12,18,20,26H,4,6,10H2,1-2H3. The van der Waals surface area contributed by atoms with Crippen molar-refractivity contribution in [2.75, 3.05) is 6.54 Å². The highest BCUT2D eigenvalue weighted by Gasteiger charge is 2.47. The van der Waals surface area contributed by atoms with Gasteiger partial charge in [0.2, 0.25) is 5.91 Å². The molecule has 1 saturated heterocycles. The lowest BCUT2D eigenvalue weighted by molar-refractivity contribution is -0.139. The molecule has 6 nitrogen and oxygen atoms in total. The Kier molecular flexibility index (Phi) is 4.23. The number of amides is 1. The number of aliphatic hydroxyl groups is 1. The summed E-state index contributed by atoms with van der Waals surface area (Å²) in [5.41, 5.74) is 0.805. The van der Waals surface area contributed by atoms with Crippen LogP contribution in [0.4, 0.5) is 0 Å². The number of aromatic nitrogens is 1. The van der Waals surface area contributed by atoms with Gasteiger partial charge in [0.1, 0.15) is 17.5 Å². The first-order valence-electron chi connectivity index (χ1n) is 9.14. The lowest BCUT2D eigenvalue weighted by Gasteiger charge is -2.45. The predicted molar refractivity (Wildman–Crippen MR) is 98.5 cm³/mol. The van der Waals surface area contributed by atoms with E-state index in [4.69, 9.17) is 4.74 Å². The molecule has 0 bridgehead atoms. The van der Waals surface area contributed by atoms with Gasteiger partial charge in [-0.25, -0.2) is 0 Å². The number of aliphatic hydroxyl groups excluding tert-OH is 1. The van der Waals surface area contributed by atoms with E-state index in [0.717, 1.165) is 6.42 Å². The number of benzene rings is 1. The molecule has 2 aliphatic rings. The Balaban J connectivity index is 1.79. The number of pyridine rings is 1. The van der Waals surface area contributed by atoms with E-state index in [1.807, 2.05) is 13.8 Å². The largest absolute Gasteiger partial charge is 0.485 e. The Morgan fingerprint density at radius 3 is 2.78 bits per heavy atom. The second-order valence-electron chi connectivity index (χ2n) is 7.61. The zero-order chi connectivity index (χ0) is 19.2. The maximum atomic E-state index is 12.8. The van der Waals surface area contributed by atoms with Crippen molar-refractivity contribution >= 4 is 11.7 Å². The predicted octanol–water partition coefficient (Wildman–Crippen LogP) is 2.51. The van der Waals surface area contributed by atoms with E-state index in [-0.39, 0.29) is 11.7 Å². The summed E-state index contributed by atoms with van der Waals surface area (Å²) in [6.07, 6.45) is 3.50. The zero-order valence-corrected chi connectivity index (χ0v) is 15.4. The third-order valence-corrected chi connectivity index (χ3v) is 5.34. The van der Waals surface area contributed by atoms with Crippen LogP contribution in [0.2, 0.25) is 0 Å². The quantitative estimate of drug-likeness (QED) is 0.845. The SMILES string of the molecule is CC1(C)Oc2ccc(C(=O)c3cccnc3)cc2C(N2CCCC2=O)C1O. The van der Waals surface area contributed by atoms with Crippen LogP contribution in [0.3, 0.4) is 0 Å². The molecule has 1 N–H and O–H groups in total. The maximum Gasteiger partial charge on any atom is 0.223 e. The molecule has 1 fully saturated rings. The molecule has 27 heavy (non-hydrogen) atoms. The van der Waals surface area contributed by atoms with E-state index >= 15 is 0 Å². The number of carbonyl (C=O) groups is 2. The summed E-state index contributed by atoms with van der Waals surface area (Å²) in [5.74, 6) is 0.459. The molecule has 1 aromatic heterocycles. The third-order valence-electron chi connectivity index (χ3n) is 5.34. The highest BCUT2D eigenvalue weighted by atomic mass is 16.5. The van der Waals surface area contributed by atoms with Gasteiger partial charge in [-0.1, -0.05) is 0 Å². The van der Waals surface area contributed by atoms with Gasteiger partial charge < -0.3 is 14.7 Å². The second-order valence-corrected chi connectivity index (χ2v) is 7.61. The van der Waals surface area contributed by atoms with Gasteiger partial charge in [0.05, 0.1) is 6.04 Å². The summed E-state index contributed by atoms with van der Waals surface area (Å²) < 4.78 is 5.99. The minimum atomic E-state index is -0.893. The molecule has 0 saturated carbocycles. The van der Waals surface area contributed by atoms with Gasteiger partial charge in [0, 0.05) is 42.0 Å². The first-order chi connectivity index (χ1) is 12.9. The molecule has 1 aromatic carbocycles. The Morgan fingerprint density at radius 2 is 2.11 bits per heavy atom. The van der Waals surface area contributed by atoms with E-state index in [1.165, 1.54) is 6.20 Å². The topological polar surface area (TPSA) is 79.7 Å². The van der Waals surface area contributed by atoms with Crippen molar-refractivity contribution < 1.29 is 19.4 Å². The van der Waals surface area contributed by atoms with Crippen LogP contribution in [0.25, 0.3) is 0 Å². The molecule has 2 aromatic rings. The molecule has 140 valence electrons. The maximum absolute atomic E-state index is 12.8. The zero-order valence-electron chi connectivity index (χ0n) is 15.4. The number of fused-ring (bicyclic) bond motifs is 1. The fraction of sp³-hybridized carbons (Fsp3) is 0.381. The van der Waals surface area contributed by atoms with Crippen molar-refractivity contribution in [3.8, 4) is 5.75 Å². The highest BCUT2D eigenvalue weighted by Crippen LogP contribution is 2.44. The monoisotopic (exact) mass is 366 g/mol. The molecule has 0 radical (unpaired) electrons. The number of carbonyl (C=O) groups excluding carboxylic acids is 2. The van der Waals surface area contributed by atoms with Gasteiger partial charge in [0.15, 0.2) is 5.78 Å². The number of hydrogen-bond acceptors (Lipinski definition) is 5. The number of nitrogens with zero attached hydrogens (tertiary/aromatic N) is 2. The minimum Gasteiger partial charge on any atom is -0.485 e. The minimum absolute atomic E-state index is 0.0201. The summed E-state index contributed by atoms with van der Waals surface area (Å²) in [4.78, 5) is 30.9. The van der Waals surface area contributed by atoms with Gasteiger partial charge in [-0.2, -0.15) is 0 Å². The summed E-state index contributed by atoms with van der Waals surface area (Å²) in [7, 11) is 0. The fourth-order valence-electron chi connectivity index (χ4n) is 3.87. The van der Waals surface area contributed by atoms with Crippen LogP contribution < -0.4 is 4.74 Å². The van der Waals surface area contributed by atoms with Crippen LogP contribution >= 0.6 is 0 Å². The van der Waals surface area contributed by atoms with Gasteiger partial charge >= 0.3 is 0 Å². The van der Waals surface area contributed by atoms with E-state index < -0.39 is 17.7 Å². The summed E-state index contributed by atoms with van der Waals surface area (Å²) in [5, 5.41) is 11.0. The van der Waals surface area contributed by atoms with Crippen LogP contribution in [0.15, 0.2) is 42.7 Å². The molecule has 6 heteroatoms. The van der Waals surface area contributed by atoms with Crippen LogP contribution in [-0.4, -0.2) is 44.9 Å². The highest BCUT2D eigenvalue weighted by molar-refractivity contribution is 6.09. The number of hydrogen-bond donors (Lipinski definition) is 1. The van der Waals surface area contributed by atoms with Gasteiger partial charge in [-0.05, 0) is 50.6 Å². The smallest absolute Gasteiger partial charge is 0.223 e. The Labute approximate surface area is 157 Å². The van der Waals surface area contributed by atoms with E-state index in [2.05, 4.69) is 4.98 Å². The normalized spacial score (nSPS) is 23.7. The van der Waals surface area contributed by atoms with Crippen LogP contribution in [0, 0.1) is 0 Å². The molecule has 2 unspecified atom stereocenters. The van der Waals surface area contributed by atoms with Crippen molar-refractivity contribution in [1.29, 1.82) is 0 Å². The third kappa shape index (κ3) is 3.00. The number of rotatable bonds is 3. The lowest BCUT2D eigenvalue weighted by atomic mass is 9.84. The van der Waals surface area contributed by atoms with Gasteiger partial charge in [0.25, 0.3) is 0 Å². The Bertz CT molecular complexity index is 894. The molecule has 2 atom stereocenters. The van der Waals surface area contributed by atoms with Crippen molar-refractivity contribution in [3.63, 3.8) is 0 Å². The molecule has 3 heterocycles. The number of ketones is 1. The molecule has 1 amide bonds. The molecule has 2 aliphatic heterocycles. The van der Waals surface area contributed by atoms with Crippen molar-refractivity contribution in [1.82, 2.24) is 9.88 Å². The molecule has 4 rings (SSSR count). The average molecular weight is 366 g/mol. The van der Waals surface area contributed by atoms with Crippen molar-refractivity contribution in [2.45, 2.75) is 44.4 Å². The Hall–Kier alpha value is -2.73. The van der Waals surface area contributed by atoms with E-state index in [9.17, 15) is 14.7 Å². The van der Waals surface area contributed by atoms with E-state index in [0.29, 0.717) is 35.4 Å². The summed E-state index contributed by atoms with van der Waals surface area (Å²) in [6.45, 7) is 4.21. The van der Waals surface area contributed by atoms with Crippen molar-refractivity contribution in [3.05, 3.63) is 59.4 Å². The average Bonchev–Trinajstić information content (AvgIpc) is 3.08. The summed E-state index contributed by atoms with van der Waals surface area (Å²) in [6, 6.07) is 8.10. The first kappa shape index (κ1) is 17.7. The fourth-order valence-corrected chi connectivity index (χ4v) is 3.87. The van der Waals surface area contributed by atoms with E-state index in [1.54, 1.807) is 41.4 Å². The first-order valence-corrected chi connectivity index (χ1v) is 9.14. The molecule has 0 aliphatic carbocycles. The Morgan fingerprint density at radius 1 is 1.30 bits per heavy atom. The number of ether oxygens (including phenoxy) is 1. The second kappa shape index (κ2) is 6.46. The van der Waals surface area contributed by atoms with Crippen LogP contribution in [-0.2, 0) is 4.79 Å². The van der Waals surface area contributed by atoms with Crippen LogP contribution in [0.1, 0.15) is 54.2 Å². The van der Waals surface area contributed by atoms with Gasteiger partial charge in [-0.3, -0.25) is 14.6 Å². The number of likely N-dealkylation sites (tertiary alicyclic amines) is 1. The van der Waals surface area contributed by atoms with Crippen LogP contribution in [0.5, 0.6) is 5.75 Å². The molecular weight excluding hydrogens is 344 g/mol. The van der Waals surface area contributed by atoms with Gasteiger partial charge in [-0.15, -0.1) is 0 Å². The molecule has 0 spiro atoms. The van der Waals surface area contributed by atoms with Crippen molar-refractivity contribution in [2.24, 2.45) is 0 Å². The molecular formula is C21H22N2O4. The lowest BCUT2D eigenvalue weighted by Crippen LogP contribution is -2.53.